The molecule has 0 spiro atoms. The molecule has 2 heteroatoms. The Bertz CT molecular complexity index is 80.2. The van der Waals surface area contributed by atoms with Crippen molar-refractivity contribution >= 4 is 0 Å². The maximum atomic E-state index is 7.94. The van der Waals surface area contributed by atoms with Gasteiger partial charge in [-0.15, -0.1) is 6.58 Å². The van der Waals surface area contributed by atoms with Crippen LogP contribution in [-0.4, -0.2) is 25.4 Å². The van der Waals surface area contributed by atoms with E-state index in [4.69, 9.17) is 5.11 Å². The number of hydrogen-bond acceptors (Lipinski definition) is 2. The summed E-state index contributed by atoms with van der Waals surface area (Å²) in [6.07, 6.45) is 8.61. The van der Waals surface area contributed by atoms with E-state index in [0.717, 1.165) is 0 Å². The largest absolute Gasteiger partial charge is 0.394 e. The number of rotatable bonds is 7. The van der Waals surface area contributed by atoms with Gasteiger partial charge in [0.25, 0.3) is 0 Å². The summed E-state index contributed by atoms with van der Waals surface area (Å²) >= 11 is 0. The minimum atomic E-state index is 0.122. The number of hydrogen-bond donors (Lipinski definition) is 1. The van der Waals surface area contributed by atoms with Crippen LogP contribution in [0.5, 0.6) is 0 Å². The minimum absolute atomic E-state index is 0.122. The number of aliphatic hydroxyl groups is 1. The van der Waals surface area contributed by atoms with E-state index in [-0.39, 0.29) is 6.61 Å². The van der Waals surface area contributed by atoms with Gasteiger partial charge in [0.2, 0.25) is 0 Å². The maximum absolute atomic E-state index is 7.94. The normalized spacial score (nSPS) is 8.85. The molecule has 0 aliphatic carbocycles. The molecule has 0 atom stereocenters. The van der Waals surface area contributed by atoms with Gasteiger partial charge in [-0.3, -0.25) is 0 Å². The lowest BCUT2D eigenvalue weighted by molar-refractivity contribution is 0.135. The lowest BCUT2D eigenvalue weighted by atomic mass is 10.2. The van der Waals surface area contributed by atoms with Gasteiger partial charge in [0.1, 0.15) is 0 Å². The third kappa shape index (κ3) is 24.5. The SMILES string of the molecule is C=CCCCCCC.COCCO. The van der Waals surface area contributed by atoms with Crippen molar-refractivity contribution in [2.75, 3.05) is 20.3 Å². The highest BCUT2D eigenvalue weighted by Gasteiger charge is 1.81. The summed E-state index contributed by atoms with van der Waals surface area (Å²) in [5.74, 6) is 0. The zero-order chi connectivity index (χ0) is 10.4. The molecule has 0 aromatic carbocycles. The Morgan fingerprint density at radius 1 is 1.31 bits per heavy atom. The number of unbranched alkanes of at least 4 members (excludes halogenated alkanes) is 4. The monoisotopic (exact) mass is 188 g/mol. The van der Waals surface area contributed by atoms with Crippen molar-refractivity contribution < 1.29 is 9.84 Å². The second kappa shape index (κ2) is 17.7. The van der Waals surface area contributed by atoms with Crippen LogP contribution in [0, 0.1) is 0 Å². The molecule has 0 aromatic rings. The molecule has 0 saturated carbocycles. The molecule has 0 bridgehead atoms. The third-order valence-corrected chi connectivity index (χ3v) is 1.56. The smallest absolute Gasteiger partial charge is 0.0693 e. The first-order valence-corrected chi connectivity index (χ1v) is 5.04. The van der Waals surface area contributed by atoms with Gasteiger partial charge in [-0.25, -0.2) is 0 Å². The molecule has 0 heterocycles. The molecule has 0 aliphatic heterocycles. The van der Waals surface area contributed by atoms with E-state index in [1.807, 2.05) is 6.08 Å². The summed E-state index contributed by atoms with van der Waals surface area (Å²) in [4.78, 5) is 0. The average Bonchev–Trinajstić information content (AvgIpc) is 2.15. The van der Waals surface area contributed by atoms with Crippen LogP contribution < -0.4 is 0 Å². The highest BCUT2D eigenvalue weighted by atomic mass is 16.5. The summed E-state index contributed by atoms with van der Waals surface area (Å²) < 4.78 is 4.44. The van der Waals surface area contributed by atoms with Crippen molar-refractivity contribution in [2.45, 2.75) is 39.0 Å². The van der Waals surface area contributed by atoms with Gasteiger partial charge in [0, 0.05) is 7.11 Å². The Morgan fingerprint density at radius 2 is 2.00 bits per heavy atom. The fraction of sp³-hybridized carbons (Fsp3) is 0.818. The van der Waals surface area contributed by atoms with Crippen LogP contribution in [0.2, 0.25) is 0 Å². The maximum Gasteiger partial charge on any atom is 0.0693 e. The zero-order valence-corrected chi connectivity index (χ0v) is 9.09. The molecule has 13 heavy (non-hydrogen) atoms. The summed E-state index contributed by atoms with van der Waals surface area (Å²) in [5, 5.41) is 7.94. The minimum Gasteiger partial charge on any atom is -0.394 e. The summed E-state index contributed by atoms with van der Waals surface area (Å²) in [6.45, 7) is 6.45. The average molecular weight is 188 g/mol. The first kappa shape index (κ1) is 15.1. The first-order valence-electron chi connectivity index (χ1n) is 5.04. The van der Waals surface area contributed by atoms with Crippen LogP contribution in [-0.2, 0) is 4.74 Å². The second-order valence-corrected chi connectivity index (χ2v) is 2.85. The van der Waals surface area contributed by atoms with Crippen molar-refractivity contribution in [1.82, 2.24) is 0 Å². The molecule has 80 valence electrons. The molecule has 2 nitrogen and oxygen atoms in total. The van der Waals surface area contributed by atoms with E-state index >= 15 is 0 Å². The molecule has 1 N–H and O–H groups in total. The van der Waals surface area contributed by atoms with Crippen LogP contribution in [0.3, 0.4) is 0 Å². The van der Waals surface area contributed by atoms with Gasteiger partial charge < -0.3 is 9.84 Å². The predicted octanol–water partition coefficient (Wildman–Crippen LogP) is 2.77. The summed E-state index contributed by atoms with van der Waals surface area (Å²) in [5.41, 5.74) is 0. The highest BCUT2D eigenvalue weighted by molar-refractivity contribution is 4.64. The highest BCUT2D eigenvalue weighted by Crippen LogP contribution is 2.01. The zero-order valence-electron chi connectivity index (χ0n) is 9.09. The van der Waals surface area contributed by atoms with E-state index in [0.29, 0.717) is 6.61 Å². The summed E-state index contributed by atoms with van der Waals surface area (Å²) in [6, 6.07) is 0. The molecule has 0 rings (SSSR count). The Morgan fingerprint density at radius 3 is 2.31 bits per heavy atom. The van der Waals surface area contributed by atoms with E-state index < -0.39 is 0 Å². The van der Waals surface area contributed by atoms with Crippen molar-refractivity contribution in [1.29, 1.82) is 0 Å². The number of allylic oxidation sites excluding steroid dienone is 1. The second-order valence-electron chi connectivity index (χ2n) is 2.85. The molecular formula is C11H24O2. The lowest BCUT2D eigenvalue weighted by Crippen LogP contribution is -1.91. The number of ether oxygens (including phenoxy) is 1. The van der Waals surface area contributed by atoms with E-state index in [1.165, 1.54) is 32.1 Å². The molecule has 0 aliphatic rings. The quantitative estimate of drug-likeness (QED) is 0.492. The first-order chi connectivity index (χ1) is 6.33. The topological polar surface area (TPSA) is 29.5 Å². The van der Waals surface area contributed by atoms with Crippen LogP contribution in [0.1, 0.15) is 39.0 Å². The summed E-state index contributed by atoms with van der Waals surface area (Å²) in [7, 11) is 1.55. The predicted molar refractivity (Wildman–Crippen MR) is 57.9 cm³/mol. The third-order valence-electron chi connectivity index (χ3n) is 1.56. The van der Waals surface area contributed by atoms with Gasteiger partial charge in [0.05, 0.1) is 13.2 Å². The molecule has 0 aromatic heterocycles. The van der Waals surface area contributed by atoms with Gasteiger partial charge >= 0.3 is 0 Å². The van der Waals surface area contributed by atoms with Crippen molar-refractivity contribution in [3.63, 3.8) is 0 Å². The van der Waals surface area contributed by atoms with Crippen molar-refractivity contribution in [2.24, 2.45) is 0 Å². The van der Waals surface area contributed by atoms with E-state index in [9.17, 15) is 0 Å². The van der Waals surface area contributed by atoms with Gasteiger partial charge in [-0.1, -0.05) is 32.3 Å². The Labute approximate surface area is 82.6 Å². The Hall–Kier alpha value is -0.340. The standard InChI is InChI=1S/C8H16.C3H8O2/c1-3-5-7-8-6-4-2;1-5-3-2-4/h3H,1,4-8H2,2H3;4H,2-3H2,1H3. The molecular weight excluding hydrogens is 164 g/mol. The molecule has 0 radical (unpaired) electrons. The van der Waals surface area contributed by atoms with Crippen molar-refractivity contribution in [3.05, 3.63) is 12.7 Å². The van der Waals surface area contributed by atoms with Crippen LogP contribution in [0.25, 0.3) is 0 Å². The Kier molecular flexibility index (Phi) is 20.6. The van der Waals surface area contributed by atoms with Crippen LogP contribution in [0.4, 0.5) is 0 Å². The van der Waals surface area contributed by atoms with Crippen LogP contribution >= 0.6 is 0 Å². The fourth-order valence-electron chi connectivity index (χ4n) is 0.807. The lowest BCUT2D eigenvalue weighted by Gasteiger charge is -1.91. The van der Waals surface area contributed by atoms with Crippen LogP contribution in [0.15, 0.2) is 12.7 Å². The van der Waals surface area contributed by atoms with Gasteiger partial charge in [0.15, 0.2) is 0 Å². The van der Waals surface area contributed by atoms with Gasteiger partial charge in [-0.05, 0) is 12.8 Å². The molecule has 0 unspecified atom stereocenters. The molecule has 0 saturated heterocycles. The van der Waals surface area contributed by atoms with Crippen molar-refractivity contribution in [3.8, 4) is 0 Å². The number of aliphatic hydroxyl groups excluding tert-OH is 1. The Balaban J connectivity index is 0. The molecule has 0 amide bonds. The number of methoxy groups -OCH3 is 1. The molecule has 0 fully saturated rings. The van der Waals surface area contributed by atoms with E-state index in [2.05, 4.69) is 18.2 Å². The van der Waals surface area contributed by atoms with E-state index in [1.54, 1.807) is 7.11 Å². The fourth-order valence-corrected chi connectivity index (χ4v) is 0.807. The van der Waals surface area contributed by atoms with Gasteiger partial charge in [-0.2, -0.15) is 0 Å².